The summed E-state index contributed by atoms with van der Waals surface area (Å²) in [6.45, 7) is -0.505. The molecule has 156 valence electrons. The Hall–Kier alpha value is -4.01. The average Bonchev–Trinajstić information content (AvgIpc) is 3.23. The number of esters is 1. The second-order valence-corrected chi connectivity index (χ2v) is 6.02. The first-order chi connectivity index (χ1) is 14.5. The number of nitrogens with one attached hydrogen (secondary N) is 1. The van der Waals surface area contributed by atoms with Gasteiger partial charge in [-0.05, 0) is 24.3 Å². The van der Waals surface area contributed by atoms with Crippen molar-refractivity contribution in [3.63, 3.8) is 0 Å². The summed E-state index contributed by atoms with van der Waals surface area (Å²) in [6, 6.07) is 14.2. The number of hydrogen-bond acceptors (Lipinski definition) is 7. The van der Waals surface area contributed by atoms with E-state index in [2.05, 4.69) is 10.4 Å². The van der Waals surface area contributed by atoms with Gasteiger partial charge in [0.25, 0.3) is 5.91 Å². The highest BCUT2D eigenvalue weighted by atomic mass is 16.5. The van der Waals surface area contributed by atoms with Crippen LogP contribution in [0.3, 0.4) is 0 Å². The Bertz CT molecular complexity index is 1030. The van der Waals surface area contributed by atoms with Crippen LogP contribution in [0.2, 0.25) is 0 Å². The third-order valence-corrected chi connectivity index (χ3v) is 4.13. The summed E-state index contributed by atoms with van der Waals surface area (Å²) in [5, 5.41) is 6.84. The minimum Gasteiger partial charge on any atom is -0.497 e. The van der Waals surface area contributed by atoms with E-state index in [-0.39, 0.29) is 11.4 Å². The minimum absolute atomic E-state index is 0.0313. The molecule has 0 bridgehead atoms. The summed E-state index contributed by atoms with van der Waals surface area (Å²) in [5.41, 5.74) is 1.14. The van der Waals surface area contributed by atoms with Crippen molar-refractivity contribution in [2.45, 2.75) is 0 Å². The number of anilines is 1. The minimum atomic E-state index is -0.779. The van der Waals surface area contributed by atoms with E-state index in [4.69, 9.17) is 18.9 Å². The SMILES string of the molecule is COc1ccc(NC(=O)COC(=O)c2nn(-c3ccccc3)cc2OC)c(OC)c1. The van der Waals surface area contributed by atoms with Crippen molar-refractivity contribution in [3.8, 4) is 22.9 Å². The van der Waals surface area contributed by atoms with Crippen molar-refractivity contribution in [2.75, 3.05) is 33.3 Å². The standard InChI is InChI=1S/C21H21N3O6/c1-27-15-9-10-16(17(11-15)28-2)22-19(25)13-30-21(26)20-18(29-3)12-24(23-20)14-7-5-4-6-8-14/h4-12H,13H2,1-3H3,(H,22,25). The number of benzene rings is 2. The monoisotopic (exact) mass is 411 g/mol. The molecule has 0 unspecified atom stereocenters. The van der Waals surface area contributed by atoms with Crippen molar-refractivity contribution in [3.05, 3.63) is 60.4 Å². The molecule has 3 aromatic rings. The molecule has 0 saturated carbocycles. The van der Waals surface area contributed by atoms with Gasteiger partial charge in [-0.2, -0.15) is 5.10 Å². The second-order valence-electron chi connectivity index (χ2n) is 6.02. The largest absolute Gasteiger partial charge is 0.497 e. The molecular formula is C21H21N3O6. The molecule has 0 aliphatic heterocycles. The first kappa shape index (κ1) is 20.7. The molecule has 0 atom stereocenters. The lowest BCUT2D eigenvalue weighted by Crippen LogP contribution is -2.21. The van der Waals surface area contributed by atoms with Gasteiger partial charge in [-0.15, -0.1) is 0 Å². The molecule has 0 spiro atoms. The van der Waals surface area contributed by atoms with Crippen molar-refractivity contribution < 1.29 is 28.5 Å². The van der Waals surface area contributed by atoms with Gasteiger partial charge < -0.3 is 24.3 Å². The summed E-state index contributed by atoms with van der Waals surface area (Å²) >= 11 is 0. The van der Waals surface area contributed by atoms with Crippen LogP contribution in [0, 0.1) is 0 Å². The zero-order valence-electron chi connectivity index (χ0n) is 16.7. The molecule has 1 amide bonds. The molecule has 9 nitrogen and oxygen atoms in total. The molecule has 1 N–H and O–H groups in total. The Morgan fingerprint density at radius 3 is 2.37 bits per heavy atom. The van der Waals surface area contributed by atoms with Crippen LogP contribution in [0.4, 0.5) is 5.69 Å². The maximum absolute atomic E-state index is 12.4. The van der Waals surface area contributed by atoms with Gasteiger partial charge in [-0.25, -0.2) is 9.48 Å². The van der Waals surface area contributed by atoms with E-state index in [1.54, 1.807) is 24.4 Å². The van der Waals surface area contributed by atoms with Gasteiger partial charge in [0.15, 0.2) is 12.4 Å². The summed E-state index contributed by atoms with van der Waals surface area (Å²) in [6.07, 6.45) is 1.56. The topological polar surface area (TPSA) is 101 Å². The van der Waals surface area contributed by atoms with Gasteiger partial charge in [0.1, 0.15) is 11.5 Å². The molecule has 2 aromatic carbocycles. The molecular weight excluding hydrogens is 390 g/mol. The highest BCUT2D eigenvalue weighted by Gasteiger charge is 2.21. The Morgan fingerprint density at radius 1 is 0.967 bits per heavy atom. The molecule has 1 heterocycles. The van der Waals surface area contributed by atoms with Gasteiger partial charge in [-0.1, -0.05) is 18.2 Å². The van der Waals surface area contributed by atoms with Gasteiger partial charge in [0.05, 0.1) is 38.9 Å². The zero-order valence-corrected chi connectivity index (χ0v) is 16.7. The molecule has 0 aliphatic carbocycles. The molecule has 0 radical (unpaired) electrons. The van der Waals surface area contributed by atoms with Crippen molar-refractivity contribution in [1.82, 2.24) is 9.78 Å². The fraction of sp³-hybridized carbons (Fsp3) is 0.190. The van der Waals surface area contributed by atoms with E-state index in [0.717, 1.165) is 5.69 Å². The number of ether oxygens (including phenoxy) is 4. The molecule has 0 fully saturated rings. The van der Waals surface area contributed by atoms with Crippen molar-refractivity contribution in [1.29, 1.82) is 0 Å². The summed E-state index contributed by atoms with van der Waals surface area (Å²) in [7, 11) is 4.42. The maximum Gasteiger partial charge on any atom is 0.363 e. The lowest BCUT2D eigenvalue weighted by atomic mass is 10.2. The Kier molecular flexibility index (Phi) is 6.53. The third kappa shape index (κ3) is 4.69. The van der Waals surface area contributed by atoms with Crippen LogP contribution in [0.5, 0.6) is 17.2 Å². The third-order valence-electron chi connectivity index (χ3n) is 4.13. The number of para-hydroxylation sites is 1. The van der Waals surface area contributed by atoms with E-state index in [1.807, 2.05) is 30.3 Å². The number of aromatic nitrogens is 2. The molecule has 0 aliphatic rings. The van der Waals surface area contributed by atoms with Gasteiger partial charge in [0, 0.05) is 6.07 Å². The van der Waals surface area contributed by atoms with E-state index >= 15 is 0 Å². The fourth-order valence-corrected chi connectivity index (χ4v) is 2.65. The van der Waals surface area contributed by atoms with E-state index in [9.17, 15) is 9.59 Å². The summed E-state index contributed by atoms with van der Waals surface area (Å²) in [4.78, 5) is 24.7. The number of methoxy groups -OCH3 is 3. The highest BCUT2D eigenvalue weighted by Crippen LogP contribution is 2.29. The molecule has 30 heavy (non-hydrogen) atoms. The number of nitrogens with zero attached hydrogens (tertiary/aromatic N) is 2. The van der Waals surface area contributed by atoms with Crippen LogP contribution in [0.15, 0.2) is 54.7 Å². The Morgan fingerprint density at radius 2 is 1.70 bits per heavy atom. The maximum atomic E-state index is 12.4. The smallest absolute Gasteiger partial charge is 0.363 e. The fourth-order valence-electron chi connectivity index (χ4n) is 2.65. The van der Waals surface area contributed by atoms with Crippen LogP contribution in [0.25, 0.3) is 5.69 Å². The average molecular weight is 411 g/mol. The normalized spacial score (nSPS) is 10.2. The lowest BCUT2D eigenvalue weighted by Gasteiger charge is -2.11. The van der Waals surface area contributed by atoms with Crippen LogP contribution < -0.4 is 19.5 Å². The Balaban J connectivity index is 1.66. The molecule has 0 saturated heterocycles. The van der Waals surface area contributed by atoms with E-state index in [1.165, 1.54) is 26.0 Å². The van der Waals surface area contributed by atoms with Crippen molar-refractivity contribution in [2.24, 2.45) is 0 Å². The van der Waals surface area contributed by atoms with Crippen LogP contribution >= 0.6 is 0 Å². The van der Waals surface area contributed by atoms with Crippen LogP contribution in [0.1, 0.15) is 10.5 Å². The van der Waals surface area contributed by atoms with Crippen LogP contribution in [-0.2, 0) is 9.53 Å². The van der Waals surface area contributed by atoms with E-state index in [0.29, 0.717) is 17.2 Å². The zero-order chi connectivity index (χ0) is 21.5. The Labute approximate surface area is 173 Å². The predicted octanol–water partition coefficient (Wildman–Crippen LogP) is 2.69. The number of carbonyl (C=O) groups excluding carboxylic acids is 2. The van der Waals surface area contributed by atoms with Gasteiger partial charge in [0.2, 0.25) is 5.69 Å². The second kappa shape index (κ2) is 9.46. The summed E-state index contributed by atoms with van der Waals surface area (Å²) < 4.78 is 22.2. The number of hydrogen-bond donors (Lipinski definition) is 1. The molecule has 3 rings (SSSR count). The van der Waals surface area contributed by atoms with Crippen LogP contribution in [-0.4, -0.2) is 49.6 Å². The van der Waals surface area contributed by atoms with Crippen molar-refractivity contribution >= 4 is 17.6 Å². The first-order valence-corrected chi connectivity index (χ1v) is 8.93. The van der Waals surface area contributed by atoms with Gasteiger partial charge in [-0.3, -0.25) is 4.79 Å². The summed E-state index contributed by atoms with van der Waals surface area (Å²) in [5.74, 6) is -0.0811. The molecule has 9 heteroatoms. The quantitative estimate of drug-likeness (QED) is 0.569. The first-order valence-electron chi connectivity index (χ1n) is 8.93. The number of rotatable bonds is 8. The molecule has 1 aromatic heterocycles. The lowest BCUT2D eigenvalue weighted by molar-refractivity contribution is -0.119. The number of carbonyl (C=O) groups is 2. The highest BCUT2D eigenvalue weighted by molar-refractivity contribution is 5.96. The predicted molar refractivity (Wildman–Crippen MR) is 109 cm³/mol. The van der Waals surface area contributed by atoms with Gasteiger partial charge >= 0.3 is 5.97 Å². The number of amides is 1. The van der Waals surface area contributed by atoms with E-state index < -0.39 is 18.5 Å².